The Hall–Kier alpha value is -0.770. The van der Waals surface area contributed by atoms with Crippen LogP contribution in [0, 0.1) is 0 Å². The Bertz CT molecular complexity index is 267. The van der Waals surface area contributed by atoms with Crippen molar-refractivity contribution in [1.82, 2.24) is 0 Å². The van der Waals surface area contributed by atoms with Gasteiger partial charge in [-0.25, -0.2) is 4.79 Å². The minimum Gasteiger partial charge on any atom is -0.465 e. The zero-order valence-corrected chi connectivity index (χ0v) is 8.48. The van der Waals surface area contributed by atoms with Gasteiger partial charge in [-0.15, -0.1) is 0 Å². The van der Waals surface area contributed by atoms with Gasteiger partial charge in [-0.3, -0.25) is 0 Å². The summed E-state index contributed by atoms with van der Waals surface area (Å²) in [6.07, 6.45) is -6.93. The lowest BCUT2D eigenvalue weighted by molar-refractivity contribution is -0.338. The molecule has 1 aliphatic heterocycles. The first kappa shape index (κ1) is 13.3. The van der Waals surface area contributed by atoms with E-state index in [0.29, 0.717) is 0 Å². The molecule has 0 radical (unpaired) electrons. The van der Waals surface area contributed by atoms with E-state index in [-0.39, 0.29) is 0 Å². The fraction of sp³-hybridized carbons (Fsp3) is 0.875. The quantitative estimate of drug-likeness (QED) is 0.310. The first-order chi connectivity index (χ1) is 7.38. The van der Waals surface area contributed by atoms with Gasteiger partial charge in [-0.2, -0.15) is 0 Å². The number of hydrogen-bond donors (Lipinski definition) is 5. The summed E-state index contributed by atoms with van der Waals surface area (Å²) in [5.74, 6) is -4.13. The lowest BCUT2D eigenvalue weighted by atomic mass is 9.92. The average Bonchev–Trinajstić information content (AvgIpc) is 2.30. The lowest BCUT2D eigenvalue weighted by Gasteiger charge is -2.43. The molecular weight excluding hydrogens is 224 g/mol. The second kappa shape index (κ2) is 4.62. The molecule has 5 atom stereocenters. The molecule has 0 aromatic heterocycles. The Morgan fingerprint density at radius 2 is 1.94 bits per heavy atom. The molecule has 94 valence electrons. The molecule has 1 heterocycles. The largest absolute Gasteiger partial charge is 0.465 e. The summed E-state index contributed by atoms with van der Waals surface area (Å²) < 4.78 is 8.83. The van der Waals surface area contributed by atoms with Gasteiger partial charge in [0.15, 0.2) is 0 Å². The van der Waals surface area contributed by atoms with Gasteiger partial charge in [-0.05, 0) is 0 Å². The van der Waals surface area contributed by atoms with Crippen LogP contribution in [-0.4, -0.2) is 75.4 Å². The molecule has 0 amide bonds. The van der Waals surface area contributed by atoms with Gasteiger partial charge < -0.3 is 35.0 Å². The van der Waals surface area contributed by atoms with Crippen molar-refractivity contribution < 1.29 is 39.8 Å². The Balaban J connectivity index is 2.98. The number of ether oxygens (including phenoxy) is 2. The maximum absolute atomic E-state index is 11.2. The van der Waals surface area contributed by atoms with E-state index < -0.39 is 42.8 Å². The topological polar surface area (TPSA) is 137 Å². The second-order valence-corrected chi connectivity index (χ2v) is 3.45. The van der Waals surface area contributed by atoms with E-state index in [4.69, 9.17) is 5.11 Å². The summed E-state index contributed by atoms with van der Waals surface area (Å²) in [6, 6.07) is 0. The minimum absolute atomic E-state index is 0.746. The summed E-state index contributed by atoms with van der Waals surface area (Å²) in [4.78, 5) is 11.2. The van der Waals surface area contributed by atoms with Crippen molar-refractivity contribution in [2.45, 2.75) is 30.2 Å². The normalized spacial score (nSPS) is 44.1. The molecule has 8 nitrogen and oxygen atoms in total. The van der Waals surface area contributed by atoms with Crippen LogP contribution in [0.4, 0.5) is 0 Å². The van der Waals surface area contributed by atoms with E-state index in [1.165, 1.54) is 0 Å². The number of hydrogen-bond acceptors (Lipinski definition) is 8. The second-order valence-electron chi connectivity index (χ2n) is 3.45. The zero-order valence-electron chi connectivity index (χ0n) is 8.48. The van der Waals surface area contributed by atoms with Gasteiger partial charge in [-0.1, -0.05) is 0 Å². The molecule has 1 saturated heterocycles. The number of aliphatic hydroxyl groups is 5. The fourth-order valence-electron chi connectivity index (χ4n) is 1.47. The SMILES string of the molecule is COC(=O)[C@]1(O)O[C@H](CO)[C@@H](O)[C@H](O)[C@H]1O. The predicted molar refractivity (Wildman–Crippen MR) is 46.9 cm³/mol. The fourth-order valence-corrected chi connectivity index (χ4v) is 1.47. The Labute approximate surface area is 90.6 Å². The molecule has 1 rings (SSSR count). The number of methoxy groups -OCH3 is 1. The molecule has 8 heteroatoms. The van der Waals surface area contributed by atoms with Crippen LogP contribution in [-0.2, 0) is 14.3 Å². The minimum atomic E-state index is -2.80. The van der Waals surface area contributed by atoms with Gasteiger partial charge in [0.25, 0.3) is 5.79 Å². The van der Waals surface area contributed by atoms with Crippen LogP contribution in [0.2, 0.25) is 0 Å². The highest BCUT2D eigenvalue weighted by Gasteiger charge is 2.58. The van der Waals surface area contributed by atoms with Crippen LogP contribution in [0.5, 0.6) is 0 Å². The zero-order chi connectivity index (χ0) is 12.5. The van der Waals surface area contributed by atoms with E-state index in [0.717, 1.165) is 7.11 Å². The third kappa shape index (κ3) is 1.90. The molecule has 0 bridgehead atoms. The van der Waals surface area contributed by atoms with Gasteiger partial charge in [0.05, 0.1) is 13.7 Å². The van der Waals surface area contributed by atoms with Crippen LogP contribution < -0.4 is 0 Å². The predicted octanol–water partition coefficient (Wildman–Crippen LogP) is -3.68. The number of esters is 1. The van der Waals surface area contributed by atoms with Crippen LogP contribution in [0.1, 0.15) is 0 Å². The van der Waals surface area contributed by atoms with Crippen molar-refractivity contribution >= 4 is 5.97 Å². The highest BCUT2D eigenvalue weighted by atomic mass is 16.7. The van der Waals surface area contributed by atoms with Crippen molar-refractivity contribution in [3.05, 3.63) is 0 Å². The number of aliphatic hydroxyl groups excluding tert-OH is 4. The summed E-state index contributed by atoms with van der Waals surface area (Å²) in [5, 5.41) is 46.6. The molecule has 1 aliphatic rings. The van der Waals surface area contributed by atoms with Crippen molar-refractivity contribution in [2.75, 3.05) is 13.7 Å². The van der Waals surface area contributed by atoms with E-state index in [1.54, 1.807) is 0 Å². The van der Waals surface area contributed by atoms with Crippen LogP contribution in [0.15, 0.2) is 0 Å². The molecule has 0 aliphatic carbocycles. The molecular formula is C8H14O8. The summed E-state index contributed by atoms with van der Waals surface area (Å²) >= 11 is 0. The van der Waals surface area contributed by atoms with Crippen LogP contribution in [0.3, 0.4) is 0 Å². The molecule has 0 spiro atoms. The van der Waals surface area contributed by atoms with Gasteiger partial charge in [0, 0.05) is 0 Å². The number of carbonyl (C=O) groups is 1. The van der Waals surface area contributed by atoms with Crippen molar-refractivity contribution in [1.29, 1.82) is 0 Å². The van der Waals surface area contributed by atoms with E-state index >= 15 is 0 Å². The Morgan fingerprint density at radius 3 is 2.38 bits per heavy atom. The van der Waals surface area contributed by atoms with E-state index in [2.05, 4.69) is 9.47 Å². The summed E-state index contributed by atoms with van der Waals surface area (Å²) in [6.45, 7) is -0.746. The number of carbonyl (C=O) groups excluding carboxylic acids is 1. The Kier molecular flexibility index (Phi) is 3.84. The van der Waals surface area contributed by atoms with Crippen LogP contribution in [0.25, 0.3) is 0 Å². The van der Waals surface area contributed by atoms with E-state index in [9.17, 15) is 25.2 Å². The average molecular weight is 238 g/mol. The third-order valence-electron chi connectivity index (χ3n) is 2.44. The molecule has 0 unspecified atom stereocenters. The van der Waals surface area contributed by atoms with Crippen molar-refractivity contribution in [3.63, 3.8) is 0 Å². The summed E-state index contributed by atoms with van der Waals surface area (Å²) in [5.41, 5.74) is 0. The molecule has 16 heavy (non-hydrogen) atoms. The lowest BCUT2D eigenvalue weighted by Crippen LogP contribution is -2.68. The molecule has 0 aromatic carbocycles. The highest BCUT2D eigenvalue weighted by molar-refractivity contribution is 5.78. The highest BCUT2D eigenvalue weighted by Crippen LogP contribution is 2.28. The van der Waals surface area contributed by atoms with Gasteiger partial charge in [0.1, 0.15) is 24.4 Å². The third-order valence-corrected chi connectivity index (χ3v) is 2.44. The first-order valence-corrected chi connectivity index (χ1v) is 4.52. The molecule has 5 N–H and O–H groups in total. The van der Waals surface area contributed by atoms with Gasteiger partial charge >= 0.3 is 5.97 Å². The molecule has 1 fully saturated rings. The molecule has 0 saturated carbocycles. The maximum Gasteiger partial charge on any atom is 0.369 e. The Morgan fingerprint density at radius 1 is 1.38 bits per heavy atom. The van der Waals surface area contributed by atoms with Crippen LogP contribution >= 0.6 is 0 Å². The first-order valence-electron chi connectivity index (χ1n) is 4.52. The summed E-state index contributed by atoms with van der Waals surface area (Å²) in [7, 11) is 0.946. The van der Waals surface area contributed by atoms with E-state index in [1.807, 2.05) is 0 Å². The van der Waals surface area contributed by atoms with Crippen molar-refractivity contribution in [2.24, 2.45) is 0 Å². The number of rotatable bonds is 2. The monoisotopic (exact) mass is 238 g/mol. The van der Waals surface area contributed by atoms with Gasteiger partial charge in [0.2, 0.25) is 0 Å². The standard InChI is InChI=1S/C8H14O8/c1-15-7(13)8(14)6(12)5(11)4(10)3(2-9)16-8/h3-6,9-12,14H,2H2,1H3/t3-,4-,5+,6-,8-/m1/s1. The maximum atomic E-state index is 11.2. The van der Waals surface area contributed by atoms with Crippen molar-refractivity contribution in [3.8, 4) is 0 Å². The smallest absolute Gasteiger partial charge is 0.369 e. The molecule has 0 aromatic rings.